The molecule has 0 atom stereocenters. The monoisotopic (exact) mass is 337 g/mol. The summed E-state index contributed by atoms with van der Waals surface area (Å²) in [6.07, 6.45) is 3.25. The Balaban J connectivity index is 1.47. The first kappa shape index (κ1) is 15.8. The van der Waals surface area contributed by atoms with Gasteiger partial charge in [0.25, 0.3) is 0 Å². The van der Waals surface area contributed by atoms with E-state index in [1.165, 1.54) is 17.2 Å². The van der Waals surface area contributed by atoms with Gasteiger partial charge in [-0.15, -0.1) is 0 Å². The second-order valence-corrected chi connectivity index (χ2v) is 6.28. The van der Waals surface area contributed by atoms with Gasteiger partial charge in [0.05, 0.1) is 12.8 Å². The molecule has 3 aromatic rings. The molecule has 0 saturated carbocycles. The number of nitrogens with zero attached hydrogens (tertiary/aromatic N) is 2. The van der Waals surface area contributed by atoms with Crippen molar-refractivity contribution in [2.45, 2.75) is 13.0 Å². The van der Waals surface area contributed by atoms with Crippen molar-refractivity contribution in [1.29, 1.82) is 0 Å². The van der Waals surface area contributed by atoms with Gasteiger partial charge in [0.15, 0.2) is 0 Å². The van der Waals surface area contributed by atoms with Gasteiger partial charge in [0, 0.05) is 25.0 Å². The Morgan fingerprint density at radius 1 is 1.20 bits per heavy atom. The van der Waals surface area contributed by atoms with E-state index in [0.29, 0.717) is 5.52 Å². The summed E-state index contributed by atoms with van der Waals surface area (Å²) in [6.45, 7) is 2.54. The van der Waals surface area contributed by atoms with E-state index in [4.69, 9.17) is 4.74 Å². The summed E-state index contributed by atoms with van der Waals surface area (Å²) in [7, 11) is 1.68. The number of ether oxygens (including phenoxy) is 1. The van der Waals surface area contributed by atoms with E-state index in [0.717, 1.165) is 42.9 Å². The highest BCUT2D eigenvalue weighted by molar-refractivity contribution is 5.81. The third-order valence-electron chi connectivity index (χ3n) is 4.75. The lowest BCUT2D eigenvalue weighted by Gasteiger charge is -2.25. The maximum absolute atomic E-state index is 13.8. The number of fused-ring (bicyclic) bond motifs is 1. The van der Waals surface area contributed by atoms with E-state index in [1.54, 1.807) is 13.2 Å². The molecule has 4 rings (SSSR count). The number of hydrogen-bond donors (Lipinski definition) is 1. The van der Waals surface area contributed by atoms with Gasteiger partial charge in [-0.3, -0.25) is 10.00 Å². The molecular formula is C20H20FN3O. The van der Waals surface area contributed by atoms with Gasteiger partial charge >= 0.3 is 0 Å². The number of aromatic amines is 1. The number of nitrogens with one attached hydrogen (secondary N) is 1. The molecule has 0 spiro atoms. The van der Waals surface area contributed by atoms with Crippen LogP contribution in [0.25, 0.3) is 16.5 Å². The summed E-state index contributed by atoms with van der Waals surface area (Å²) >= 11 is 0. The Hall–Kier alpha value is -2.66. The van der Waals surface area contributed by atoms with Gasteiger partial charge in [-0.2, -0.15) is 5.10 Å². The Morgan fingerprint density at radius 3 is 2.76 bits per heavy atom. The first-order valence-electron chi connectivity index (χ1n) is 8.42. The zero-order chi connectivity index (χ0) is 17.2. The van der Waals surface area contributed by atoms with Crippen LogP contribution in [0.15, 0.2) is 48.5 Å². The second-order valence-electron chi connectivity index (χ2n) is 6.28. The molecule has 1 N–H and O–H groups in total. The van der Waals surface area contributed by atoms with Crippen LogP contribution in [-0.4, -0.2) is 35.3 Å². The van der Waals surface area contributed by atoms with Crippen LogP contribution in [0.3, 0.4) is 0 Å². The Kier molecular flexibility index (Phi) is 4.24. The lowest BCUT2D eigenvalue weighted by atomic mass is 9.99. The van der Waals surface area contributed by atoms with Crippen molar-refractivity contribution >= 4 is 16.5 Å². The molecule has 128 valence electrons. The molecule has 0 radical (unpaired) electrons. The van der Waals surface area contributed by atoms with Crippen LogP contribution in [0, 0.1) is 5.82 Å². The quantitative estimate of drug-likeness (QED) is 0.782. The second kappa shape index (κ2) is 6.69. The highest BCUT2D eigenvalue weighted by Crippen LogP contribution is 2.26. The molecule has 1 aliphatic rings. The van der Waals surface area contributed by atoms with Crippen LogP contribution in [0.2, 0.25) is 0 Å². The Bertz CT molecular complexity index is 914. The lowest BCUT2D eigenvalue weighted by Crippen LogP contribution is -2.28. The first-order chi connectivity index (χ1) is 12.2. The Labute approximate surface area is 145 Å². The molecule has 0 aliphatic carbocycles. The normalized spacial score (nSPS) is 15.4. The number of para-hydroxylation sites is 1. The molecule has 0 unspecified atom stereocenters. The van der Waals surface area contributed by atoms with Crippen molar-refractivity contribution in [1.82, 2.24) is 15.1 Å². The van der Waals surface area contributed by atoms with Crippen molar-refractivity contribution in [2.24, 2.45) is 0 Å². The standard InChI is InChI=1S/C20H20FN3O/c1-25-16-7-5-14(6-8-16)15-9-11-24(12-10-15)13-19-17-3-2-4-18(21)20(17)23-22-19/h2-9H,10-13H2,1H3,(H,22,23). The minimum absolute atomic E-state index is 0.253. The van der Waals surface area contributed by atoms with E-state index in [2.05, 4.69) is 33.3 Å². The van der Waals surface area contributed by atoms with Gasteiger partial charge < -0.3 is 4.74 Å². The van der Waals surface area contributed by atoms with E-state index >= 15 is 0 Å². The summed E-state index contributed by atoms with van der Waals surface area (Å²) in [5.41, 5.74) is 3.99. The molecule has 0 bridgehead atoms. The number of benzene rings is 2. The van der Waals surface area contributed by atoms with E-state index < -0.39 is 0 Å². The largest absolute Gasteiger partial charge is 0.497 e. The lowest BCUT2D eigenvalue weighted by molar-refractivity contribution is 0.291. The van der Waals surface area contributed by atoms with Crippen molar-refractivity contribution in [3.63, 3.8) is 0 Å². The molecule has 0 saturated heterocycles. The molecule has 25 heavy (non-hydrogen) atoms. The molecule has 5 heteroatoms. The van der Waals surface area contributed by atoms with Gasteiger partial charge in [-0.25, -0.2) is 4.39 Å². The summed E-state index contributed by atoms with van der Waals surface area (Å²) < 4.78 is 19.0. The minimum Gasteiger partial charge on any atom is -0.497 e. The number of methoxy groups -OCH3 is 1. The van der Waals surface area contributed by atoms with Crippen molar-refractivity contribution in [3.8, 4) is 5.75 Å². The topological polar surface area (TPSA) is 41.1 Å². The van der Waals surface area contributed by atoms with Crippen LogP contribution < -0.4 is 4.74 Å². The van der Waals surface area contributed by atoms with Crippen LogP contribution >= 0.6 is 0 Å². The predicted molar refractivity (Wildman–Crippen MR) is 96.9 cm³/mol. The highest BCUT2D eigenvalue weighted by Gasteiger charge is 2.16. The van der Waals surface area contributed by atoms with Crippen molar-refractivity contribution in [2.75, 3.05) is 20.2 Å². The number of aromatic nitrogens is 2. The van der Waals surface area contributed by atoms with E-state index in [1.807, 2.05) is 18.2 Å². The summed E-state index contributed by atoms with van der Waals surface area (Å²) in [6, 6.07) is 13.3. The molecule has 0 fully saturated rings. The summed E-state index contributed by atoms with van der Waals surface area (Å²) in [4.78, 5) is 2.33. The Morgan fingerprint density at radius 2 is 2.04 bits per heavy atom. The maximum Gasteiger partial charge on any atom is 0.148 e. The fourth-order valence-electron chi connectivity index (χ4n) is 3.32. The van der Waals surface area contributed by atoms with Crippen LogP contribution in [-0.2, 0) is 6.54 Å². The number of halogens is 1. The zero-order valence-electron chi connectivity index (χ0n) is 14.1. The predicted octanol–water partition coefficient (Wildman–Crippen LogP) is 4.00. The van der Waals surface area contributed by atoms with Crippen molar-refractivity contribution in [3.05, 3.63) is 65.6 Å². The average Bonchev–Trinajstić information content (AvgIpc) is 3.07. The SMILES string of the molecule is COc1ccc(C2=CCN(Cc3n[nH]c4c(F)cccc34)CC2)cc1. The molecule has 1 aliphatic heterocycles. The molecule has 4 nitrogen and oxygen atoms in total. The smallest absolute Gasteiger partial charge is 0.148 e. The highest BCUT2D eigenvalue weighted by atomic mass is 19.1. The minimum atomic E-state index is -0.253. The van der Waals surface area contributed by atoms with Gasteiger partial charge in [0.1, 0.15) is 17.1 Å². The molecule has 2 aromatic carbocycles. The number of rotatable bonds is 4. The number of H-pyrrole nitrogens is 1. The maximum atomic E-state index is 13.8. The van der Waals surface area contributed by atoms with Gasteiger partial charge in [-0.1, -0.05) is 30.3 Å². The molecule has 2 heterocycles. The molecule has 0 amide bonds. The summed E-state index contributed by atoms with van der Waals surface area (Å²) in [5, 5.41) is 7.98. The fraction of sp³-hybridized carbons (Fsp3) is 0.250. The van der Waals surface area contributed by atoms with Crippen molar-refractivity contribution < 1.29 is 9.13 Å². The van der Waals surface area contributed by atoms with E-state index in [9.17, 15) is 4.39 Å². The molecule has 1 aromatic heterocycles. The number of hydrogen-bond acceptors (Lipinski definition) is 3. The van der Waals surface area contributed by atoms with Crippen LogP contribution in [0.1, 0.15) is 17.7 Å². The first-order valence-corrected chi connectivity index (χ1v) is 8.42. The fourth-order valence-corrected chi connectivity index (χ4v) is 3.32. The summed E-state index contributed by atoms with van der Waals surface area (Å²) in [5.74, 6) is 0.621. The zero-order valence-corrected chi connectivity index (χ0v) is 14.1. The van der Waals surface area contributed by atoms with Gasteiger partial charge in [0.2, 0.25) is 0 Å². The average molecular weight is 337 g/mol. The molecular weight excluding hydrogens is 317 g/mol. The van der Waals surface area contributed by atoms with Crippen LogP contribution in [0.4, 0.5) is 4.39 Å². The van der Waals surface area contributed by atoms with Gasteiger partial charge in [-0.05, 0) is 35.8 Å². The van der Waals surface area contributed by atoms with Crippen LogP contribution in [0.5, 0.6) is 5.75 Å². The van der Waals surface area contributed by atoms with E-state index in [-0.39, 0.29) is 5.82 Å². The third-order valence-corrected chi connectivity index (χ3v) is 4.75. The third kappa shape index (κ3) is 3.15.